The number of rotatable bonds is 12. The van der Waals surface area contributed by atoms with Gasteiger partial charge in [0.25, 0.3) is 0 Å². The Labute approximate surface area is 276 Å². The zero-order valence-electron chi connectivity index (χ0n) is 28.8. The molecule has 3 N–H and O–H groups in total. The first-order chi connectivity index (χ1) is 22.1. The molecule has 12 nitrogen and oxygen atoms in total. The number of ether oxygens (including phenoxy) is 2. The first kappa shape index (κ1) is 35.9. The van der Waals surface area contributed by atoms with Gasteiger partial charge in [0.1, 0.15) is 29.3 Å². The molecule has 3 amide bonds. The van der Waals surface area contributed by atoms with Crippen molar-refractivity contribution >= 4 is 23.9 Å². The van der Waals surface area contributed by atoms with Crippen LogP contribution in [0.1, 0.15) is 104 Å². The molecule has 2 aliphatic rings. The monoisotopic (exact) mass is 658 g/mol. The molecule has 0 saturated carbocycles. The van der Waals surface area contributed by atoms with Crippen molar-refractivity contribution in [1.29, 1.82) is 0 Å². The minimum absolute atomic E-state index is 0.220. The molecule has 2 fully saturated rings. The standard InChI is InChI=1S/C34H51FN6O6/c1-20(2)30-38-32(47-39-30)40-16-12-23(13-17-40)21(3)14-18-45-24-10-11-25(26(35)19-24)22(4)28(37-33(44)46-34(5,6)7)31(43)41-15-8-9-27(41)29(36)42/h10-11,19-23,27-28H,8-9,12-18H2,1-7H3,(H2,36,42)(H,37,44)/t21-,22+,27+,28+/m1/s1. The number of carbonyl (C=O) groups is 3. The third-order valence-corrected chi connectivity index (χ3v) is 9.17. The molecule has 4 atom stereocenters. The largest absolute Gasteiger partial charge is 0.493 e. The fourth-order valence-electron chi connectivity index (χ4n) is 6.33. The van der Waals surface area contributed by atoms with E-state index in [1.165, 1.54) is 11.0 Å². The Bertz CT molecular complexity index is 1390. The number of aromatic nitrogens is 2. The van der Waals surface area contributed by atoms with E-state index in [1.807, 2.05) is 13.8 Å². The SMILES string of the molecule is CC(C)c1noc(N2CCC([C@H](C)CCOc3ccc([C@H](C)[C@H](NC(=O)OC(C)(C)C)C(=O)N4CCC[C@H]4C(N)=O)c(F)c3)CC2)n1. The number of amides is 3. The summed E-state index contributed by atoms with van der Waals surface area (Å²) in [4.78, 5) is 46.5. The lowest BCUT2D eigenvalue weighted by Gasteiger charge is -2.33. The predicted molar refractivity (Wildman–Crippen MR) is 175 cm³/mol. The van der Waals surface area contributed by atoms with Gasteiger partial charge < -0.3 is 34.8 Å². The third-order valence-electron chi connectivity index (χ3n) is 9.17. The van der Waals surface area contributed by atoms with E-state index in [-0.39, 0.29) is 11.5 Å². The first-order valence-electron chi connectivity index (χ1n) is 16.7. The highest BCUT2D eigenvalue weighted by Crippen LogP contribution is 2.31. The van der Waals surface area contributed by atoms with Gasteiger partial charge in [0.15, 0.2) is 5.82 Å². The van der Waals surface area contributed by atoms with Gasteiger partial charge in [-0.15, -0.1) is 0 Å². The normalized spacial score (nSPS) is 19.4. The molecule has 4 rings (SSSR count). The van der Waals surface area contributed by atoms with E-state index in [0.29, 0.717) is 49.6 Å². The summed E-state index contributed by atoms with van der Waals surface area (Å²) in [5, 5.41) is 6.70. The lowest BCUT2D eigenvalue weighted by molar-refractivity contribution is -0.139. The molecule has 1 aromatic carbocycles. The smallest absolute Gasteiger partial charge is 0.408 e. The number of primary amides is 1. The van der Waals surface area contributed by atoms with Crippen LogP contribution < -0.4 is 20.7 Å². The zero-order valence-corrected chi connectivity index (χ0v) is 28.8. The lowest BCUT2D eigenvalue weighted by atomic mass is 9.84. The molecule has 3 heterocycles. The second kappa shape index (κ2) is 15.3. The quantitative estimate of drug-likeness (QED) is 0.316. The zero-order chi connectivity index (χ0) is 34.5. The topological polar surface area (TPSA) is 153 Å². The Balaban J connectivity index is 1.34. The second-order valence-corrected chi connectivity index (χ2v) is 14.2. The van der Waals surface area contributed by atoms with Gasteiger partial charge in [-0.2, -0.15) is 4.98 Å². The van der Waals surface area contributed by atoms with Crippen molar-refractivity contribution in [3.8, 4) is 5.75 Å². The van der Waals surface area contributed by atoms with E-state index in [0.717, 1.165) is 38.2 Å². The average molecular weight is 659 g/mol. The van der Waals surface area contributed by atoms with Crippen LogP contribution in [0.2, 0.25) is 0 Å². The summed E-state index contributed by atoms with van der Waals surface area (Å²) in [6.07, 6.45) is 3.06. The number of hydrogen-bond acceptors (Lipinski definition) is 9. The first-order valence-corrected chi connectivity index (χ1v) is 16.7. The maximum absolute atomic E-state index is 15.6. The van der Waals surface area contributed by atoms with Crippen LogP contribution in [0, 0.1) is 17.7 Å². The summed E-state index contributed by atoms with van der Waals surface area (Å²) in [5.74, 6) is -0.209. The molecule has 0 aliphatic carbocycles. The highest BCUT2D eigenvalue weighted by atomic mass is 19.1. The summed E-state index contributed by atoms with van der Waals surface area (Å²) < 4.78 is 32.4. The van der Waals surface area contributed by atoms with Crippen molar-refractivity contribution in [3.63, 3.8) is 0 Å². The molecule has 0 radical (unpaired) electrons. The van der Waals surface area contributed by atoms with Crippen LogP contribution in [0.15, 0.2) is 22.7 Å². The molecule has 1 aromatic heterocycles. The van der Waals surface area contributed by atoms with Gasteiger partial charge >= 0.3 is 12.1 Å². The number of piperidine rings is 1. The Morgan fingerprint density at radius 3 is 2.40 bits per heavy atom. The molecule has 2 saturated heterocycles. The Kier molecular flexibility index (Phi) is 11.7. The van der Waals surface area contributed by atoms with E-state index in [4.69, 9.17) is 19.7 Å². The second-order valence-electron chi connectivity index (χ2n) is 14.2. The van der Waals surface area contributed by atoms with Crippen LogP contribution in [0.25, 0.3) is 0 Å². The molecule has 260 valence electrons. The van der Waals surface area contributed by atoms with Crippen LogP contribution in [0.4, 0.5) is 15.2 Å². The van der Waals surface area contributed by atoms with Crippen LogP contribution in [-0.2, 0) is 14.3 Å². The number of likely N-dealkylation sites (tertiary alicyclic amines) is 1. The fraction of sp³-hybridized carbons (Fsp3) is 0.676. The van der Waals surface area contributed by atoms with E-state index in [9.17, 15) is 14.4 Å². The Morgan fingerprint density at radius 2 is 1.81 bits per heavy atom. The van der Waals surface area contributed by atoms with Crippen LogP contribution in [-0.4, -0.2) is 76.9 Å². The van der Waals surface area contributed by atoms with Crippen molar-refractivity contribution in [2.24, 2.45) is 17.6 Å². The molecule has 0 bridgehead atoms. The van der Waals surface area contributed by atoms with Gasteiger partial charge in [-0.05, 0) is 76.3 Å². The molecular weight excluding hydrogens is 607 g/mol. The summed E-state index contributed by atoms with van der Waals surface area (Å²) >= 11 is 0. The van der Waals surface area contributed by atoms with Crippen LogP contribution >= 0.6 is 0 Å². The summed E-state index contributed by atoms with van der Waals surface area (Å²) in [6, 6.07) is 3.17. The third kappa shape index (κ3) is 9.35. The fourth-order valence-corrected chi connectivity index (χ4v) is 6.33. The number of anilines is 1. The van der Waals surface area contributed by atoms with E-state index >= 15 is 4.39 Å². The number of nitrogens with two attached hydrogens (primary N) is 1. The Morgan fingerprint density at radius 1 is 1.11 bits per heavy atom. The number of nitrogens with zero attached hydrogens (tertiary/aromatic N) is 4. The average Bonchev–Trinajstić information content (AvgIpc) is 3.70. The molecule has 13 heteroatoms. The number of carbonyl (C=O) groups excluding carboxylic acids is 3. The maximum atomic E-state index is 15.6. The van der Waals surface area contributed by atoms with E-state index in [1.54, 1.807) is 39.8 Å². The van der Waals surface area contributed by atoms with Crippen molar-refractivity contribution in [2.75, 3.05) is 31.1 Å². The van der Waals surface area contributed by atoms with Crippen LogP contribution in [0.3, 0.4) is 0 Å². The number of hydrogen-bond donors (Lipinski definition) is 2. The van der Waals surface area contributed by atoms with Gasteiger partial charge in [0.2, 0.25) is 11.8 Å². The van der Waals surface area contributed by atoms with Crippen molar-refractivity contribution in [2.45, 2.75) is 110 Å². The molecule has 0 spiro atoms. The van der Waals surface area contributed by atoms with Crippen molar-refractivity contribution in [1.82, 2.24) is 20.4 Å². The molecule has 47 heavy (non-hydrogen) atoms. The summed E-state index contributed by atoms with van der Waals surface area (Å²) in [6.45, 7) is 15.5. The number of alkyl carbamates (subject to hydrolysis) is 1. The molecule has 2 aromatic rings. The molecular formula is C34H51FN6O6. The highest BCUT2D eigenvalue weighted by molar-refractivity contribution is 5.92. The predicted octanol–water partition coefficient (Wildman–Crippen LogP) is 5.13. The number of nitrogens with one attached hydrogen (secondary N) is 1. The maximum Gasteiger partial charge on any atom is 0.408 e. The van der Waals surface area contributed by atoms with Crippen LogP contribution in [0.5, 0.6) is 5.75 Å². The van der Waals surface area contributed by atoms with Gasteiger partial charge in [0.05, 0.1) is 6.61 Å². The summed E-state index contributed by atoms with van der Waals surface area (Å²) in [7, 11) is 0. The van der Waals surface area contributed by atoms with E-state index < -0.39 is 47.3 Å². The highest BCUT2D eigenvalue weighted by Gasteiger charge is 2.40. The molecule has 0 unspecified atom stereocenters. The van der Waals surface area contributed by atoms with Gasteiger partial charge in [0, 0.05) is 37.5 Å². The molecule has 2 aliphatic heterocycles. The van der Waals surface area contributed by atoms with Gasteiger partial charge in [-0.1, -0.05) is 38.9 Å². The van der Waals surface area contributed by atoms with Crippen molar-refractivity contribution < 1.29 is 32.8 Å². The van der Waals surface area contributed by atoms with Gasteiger partial charge in [-0.3, -0.25) is 9.59 Å². The van der Waals surface area contributed by atoms with Gasteiger partial charge in [-0.25, -0.2) is 9.18 Å². The Hall–Kier alpha value is -3.90. The lowest BCUT2D eigenvalue weighted by Crippen LogP contribution is -2.55. The minimum atomic E-state index is -1.18. The van der Waals surface area contributed by atoms with Crippen molar-refractivity contribution in [3.05, 3.63) is 35.4 Å². The summed E-state index contributed by atoms with van der Waals surface area (Å²) in [5.41, 5.74) is 4.96. The number of halogens is 1. The van der Waals surface area contributed by atoms with E-state index in [2.05, 4.69) is 27.3 Å². The number of benzene rings is 1. The minimum Gasteiger partial charge on any atom is -0.493 e.